The third kappa shape index (κ3) is 3.31. The van der Waals surface area contributed by atoms with E-state index >= 15 is 0 Å². The van der Waals surface area contributed by atoms with Gasteiger partial charge in [0, 0.05) is 12.5 Å². The molecule has 0 heterocycles. The minimum atomic E-state index is -0.411. The van der Waals surface area contributed by atoms with Crippen LogP contribution in [0.5, 0.6) is 0 Å². The molecule has 0 fully saturated rings. The zero-order chi connectivity index (χ0) is 11.4. The molecule has 2 nitrogen and oxygen atoms in total. The van der Waals surface area contributed by atoms with E-state index in [1.54, 1.807) is 12.1 Å². The van der Waals surface area contributed by atoms with E-state index < -0.39 is 11.6 Å². The summed E-state index contributed by atoms with van der Waals surface area (Å²) in [5.41, 5.74) is 1.68. The highest BCUT2D eigenvalue weighted by Gasteiger charge is 2.10. The lowest BCUT2D eigenvalue weighted by Gasteiger charge is -2.05. The Kier molecular flexibility index (Phi) is 3.78. The first-order valence-electron chi connectivity index (χ1n) is 5.15. The predicted octanol–water partition coefficient (Wildman–Crippen LogP) is 2.66. The van der Waals surface area contributed by atoms with Gasteiger partial charge in [-0.05, 0) is 17.9 Å². The van der Waals surface area contributed by atoms with Crippen molar-refractivity contribution in [3.05, 3.63) is 35.4 Å². The molecule has 1 aromatic rings. The summed E-state index contributed by atoms with van der Waals surface area (Å²) in [5, 5.41) is 0. The van der Waals surface area contributed by atoms with Crippen LogP contribution in [0.4, 0.5) is 0 Å². The molecule has 0 aliphatic carbocycles. The summed E-state index contributed by atoms with van der Waals surface area (Å²) in [6.07, 6.45) is 0.995. The molecular formula is C13H16O2. The van der Waals surface area contributed by atoms with Crippen molar-refractivity contribution in [1.29, 1.82) is 0 Å². The van der Waals surface area contributed by atoms with Crippen molar-refractivity contribution < 1.29 is 9.59 Å². The fraction of sp³-hybridized carbons (Fsp3) is 0.385. The molecule has 0 bridgehead atoms. The maximum absolute atomic E-state index is 11.3. The smallest absolute Gasteiger partial charge is 0.228 e. The normalized spacial score (nSPS) is 10.4. The first kappa shape index (κ1) is 11.6. The van der Waals surface area contributed by atoms with Crippen molar-refractivity contribution in [3.8, 4) is 0 Å². The molecule has 0 aliphatic rings. The predicted molar refractivity (Wildman–Crippen MR) is 60.0 cm³/mol. The number of benzene rings is 1. The molecule has 2 heteroatoms. The maximum Gasteiger partial charge on any atom is 0.228 e. The number of carbonyl (C=O) groups is 2. The summed E-state index contributed by atoms with van der Waals surface area (Å²) in [6.45, 7) is 5.59. The third-order valence-corrected chi connectivity index (χ3v) is 2.18. The Morgan fingerprint density at radius 1 is 1.13 bits per heavy atom. The minimum Gasteiger partial charge on any atom is -0.291 e. The van der Waals surface area contributed by atoms with Crippen molar-refractivity contribution >= 4 is 11.6 Å². The van der Waals surface area contributed by atoms with E-state index in [1.165, 1.54) is 12.5 Å². The summed E-state index contributed by atoms with van der Waals surface area (Å²) in [6, 6.07) is 7.27. The highest BCUT2D eigenvalue weighted by Crippen LogP contribution is 2.10. The summed E-state index contributed by atoms with van der Waals surface area (Å²) in [4.78, 5) is 22.2. The molecular weight excluding hydrogens is 188 g/mol. The van der Waals surface area contributed by atoms with Crippen LogP contribution in [0, 0.1) is 5.92 Å². The van der Waals surface area contributed by atoms with Gasteiger partial charge in [0.1, 0.15) is 0 Å². The summed E-state index contributed by atoms with van der Waals surface area (Å²) >= 11 is 0. The van der Waals surface area contributed by atoms with Gasteiger partial charge in [-0.1, -0.05) is 38.1 Å². The molecule has 0 saturated heterocycles. The molecule has 1 rings (SSSR count). The first-order valence-corrected chi connectivity index (χ1v) is 5.15. The Balaban J connectivity index is 2.81. The molecule has 80 valence electrons. The van der Waals surface area contributed by atoms with E-state index in [-0.39, 0.29) is 0 Å². The van der Waals surface area contributed by atoms with Gasteiger partial charge in [0.2, 0.25) is 5.78 Å². The van der Waals surface area contributed by atoms with Crippen LogP contribution in [-0.4, -0.2) is 11.6 Å². The third-order valence-electron chi connectivity index (χ3n) is 2.18. The summed E-state index contributed by atoms with van der Waals surface area (Å²) < 4.78 is 0. The Morgan fingerprint density at radius 2 is 1.67 bits per heavy atom. The average molecular weight is 204 g/mol. The van der Waals surface area contributed by atoms with Crippen LogP contribution in [0.15, 0.2) is 24.3 Å². The highest BCUT2D eigenvalue weighted by molar-refractivity contribution is 6.42. The molecule has 0 aromatic heterocycles. The second kappa shape index (κ2) is 4.87. The van der Waals surface area contributed by atoms with E-state index in [0.29, 0.717) is 11.5 Å². The average Bonchev–Trinajstić information content (AvgIpc) is 2.17. The lowest BCUT2D eigenvalue weighted by Crippen LogP contribution is -2.09. The van der Waals surface area contributed by atoms with Gasteiger partial charge in [0.15, 0.2) is 5.78 Å². The second-order valence-electron chi connectivity index (χ2n) is 4.18. The topological polar surface area (TPSA) is 34.1 Å². The fourth-order valence-electron chi connectivity index (χ4n) is 1.47. The monoisotopic (exact) mass is 204 g/mol. The van der Waals surface area contributed by atoms with E-state index in [1.807, 2.05) is 12.1 Å². The zero-order valence-corrected chi connectivity index (χ0v) is 9.41. The number of Topliss-reactive ketones (excluding diaryl/α,β-unsaturated/α-hetero) is 2. The molecule has 0 radical (unpaired) electrons. The summed E-state index contributed by atoms with van der Waals surface area (Å²) in [5.74, 6) is -0.225. The Morgan fingerprint density at radius 3 is 2.07 bits per heavy atom. The van der Waals surface area contributed by atoms with Gasteiger partial charge in [-0.2, -0.15) is 0 Å². The Bertz CT molecular complexity index is 361. The van der Waals surface area contributed by atoms with E-state index in [0.717, 1.165) is 6.42 Å². The highest BCUT2D eigenvalue weighted by atomic mass is 16.2. The molecule has 0 saturated carbocycles. The molecule has 1 aromatic carbocycles. The van der Waals surface area contributed by atoms with E-state index in [4.69, 9.17) is 0 Å². The molecule has 0 N–H and O–H groups in total. The zero-order valence-electron chi connectivity index (χ0n) is 9.41. The lowest BCUT2D eigenvalue weighted by atomic mass is 10.00. The molecule has 0 amide bonds. The van der Waals surface area contributed by atoms with Gasteiger partial charge in [0.05, 0.1) is 0 Å². The van der Waals surface area contributed by atoms with Crippen LogP contribution in [-0.2, 0) is 11.2 Å². The number of ketones is 2. The van der Waals surface area contributed by atoms with Gasteiger partial charge >= 0.3 is 0 Å². The quantitative estimate of drug-likeness (QED) is 0.558. The first-order chi connectivity index (χ1) is 7.00. The number of hydrogen-bond acceptors (Lipinski definition) is 2. The van der Waals surface area contributed by atoms with Crippen molar-refractivity contribution in [1.82, 2.24) is 0 Å². The standard InChI is InChI=1S/C13H16O2/c1-9(2)8-11-4-6-12(7-5-11)13(15)10(3)14/h4-7,9H,8H2,1-3H3. The van der Waals surface area contributed by atoms with Crippen molar-refractivity contribution in [2.45, 2.75) is 27.2 Å². The summed E-state index contributed by atoms with van der Waals surface area (Å²) in [7, 11) is 0. The Labute approximate surface area is 90.3 Å². The number of carbonyl (C=O) groups excluding carboxylic acids is 2. The fourth-order valence-corrected chi connectivity index (χ4v) is 1.47. The van der Waals surface area contributed by atoms with E-state index in [2.05, 4.69) is 13.8 Å². The van der Waals surface area contributed by atoms with Crippen LogP contribution in [0.25, 0.3) is 0 Å². The van der Waals surface area contributed by atoms with Crippen molar-refractivity contribution in [2.75, 3.05) is 0 Å². The van der Waals surface area contributed by atoms with E-state index in [9.17, 15) is 9.59 Å². The van der Waals surface area contributed by atoms with Crippen LogP contribution in [0.1, 0.15) is 36.7 Å². The molecule has 0 spiro atoms. The molecule has 0 unspecified atom stereocenters. The van der Waals surface area contributed by atoms with Crippen molar-refractivity contribution in [2.24, 2.45) is 5.92 Å². The molecule has 15 heavy (non-hydrogen) atoms. The molecule has 0 aliphatic heterocycles. The SMILES string of the molecule is CC(=O)C(=O)c1ccc(CC(C)C)cc1. The lowest BCUT2D eigenvalue weighted by molar-refractivity contribution is -0.113. The van der Waals surface area contributed by atoms with Gasteiger partial charge < -0.3 is 0 Å². The Hall–Kier alpha value is -1.44. The van der Waals surface area contributed by atoms with Gasteiger partial charge in [0.25, 0.3) is 0 Å². The van der Waals surface area contributed by atoms with Crippen LogP contribution >= 0.6 is 0 Å². The van der Waals surface area contributed by atoms with Crippen LogP contribution in [0.2, 0.25) is 0 Å². The minimum absolute atomic E-state index is 0.411. The van der Waals surface area contributed by atoms with Gasteiger partial charge in [-0.3, -0.25) is 9.59 Å². The molecule has 0 atom stereocenters. The van der Waals surface area contributed by atoms with Gasteiger partial charge in [-0.15, -0.1) is 0 Å². The van der Waals surface area contributed by atoms with Crippen molar-refractivity contribution in [3.63, 3.8) is 0 Å². The van der Waals surface area contributed by atoms with Crippen LogP contribution < -0.4 is 0 Å². The number of hydrogen-bond donors (Lipinski definition) is 0. The largest absolute Gasteiger partial charge is 0.291 e. The van der Waals surface area contributed by atoms with Crippen LogP contribution in [0.3, 0.4) is 0 Å². The second-order valence-corrected chi connectivity index (χ2v) is 4.18. The number of rotatable bonds is 4. The maximum atomic E-state index is 11.3. The van der Waals surface area contributed by atoms with Gasteiger partial charge in [-0.25, -0.2) is 0 Å².